The largest absolute Gasteiger partial charge is 0.494 e. The van der Waals surface area contributed by atoms with Gasteiger partial charge in [-0.25, -0.2) is 9.48 Å². The number of methoxy groups -OCH3 is 1. The molecule has 1 unspecified atom stereocenters. The van der Waals surface area contributed by atoms with Crippen LogP contribution in [0.3, 0.4) is 0 Å². The molecule has 1 aliphatic heterocycles. The van der Waals surface area contributed by atoms with Gasteiger partial charge in [-0.15, -0.1) is 5.10 Å². The van der Waals surface area contributed by atoms with Crippen molar-refractivity contribution in [3.05, 3.63) is 16.6 Å². The number of hydrogen-bond donors (Lipinski definition) is 0. The molecule has 0 bridgehead atoms. The second-order valence-corrected chi connectivity index (χ2v) is 8.04. The highest BCUT2D eigenvalue weighted by atomic mass is 79.9. The zero-order valence-corrected chi connectivity index (χ0v) is 16.5. The Hall–Kier alpha value is -1.83. The number of benzene rings is 1. The van der Waals surface area contributed by atoms with Crippen LogP contribution in [0.25, 0.3) is 11.0 Å². The van der Waals surface area contributed by atoms with Crippen LogP contribution in [0.4, 0.5) is 4.79 Å². The summed E-state index contributed by atoms with van der Waals surface area (Å²) in [4.78, 5) is 14.3. The molecule has 1 saturated heterocycles. The van der Waals surface area contributed by atoms with Gasteiger partial charge in [0.05, 0.1) is 19.7 Å². The van der Waals surface area contributed by atoms with Crippen molar-refractivity contribution in [2.75, 3.05) is 13.7 Å². The first-order chi connectivity index (χ1) is 11.8. The van der Waals surface area contributed by atoms with Crippen molar-refractivity contribution >= 4 is 33.1 Å². The minimum atomic E-state index is -0.499. The van der Waals surface area contributed by atoms with E-state index in [1.807, 2.05) is 37.6 Å². The Morgan fingerprint density at radius 3 is 2.84 bits per heavy atom. The highest BCUT2D eigenvalue weighted by Gasteiger charge is 2.33. The fourth-order valence-corrected chi connectivity index (χ4v) is 3.63. The molecule has 1 fully saturated rings. The van der Waals surface area contributed by atoms with Gasteiger partial charge in [-0.1, -0.05) is 5.21 Å². The molecule has 1 aromatic carbocycles. The predicted octanol–water partition coefficient (Wildman–Crippen LogP) is 3.60. The summed E-state index contributed by atoms with van der Waals surface area (Å²) in [5, 5.41) is 8.52. The summed E-state index contributed by atoms with van der Waals surface area (Å²) in [5.41, 5.74) is 1.08. The maximum atomic E-state index is 12.5. The van der Waals surface area contributed by atoms with Crippen LogP contribution in [0.15, 0.2) is 16.6 Å². The molecule has 7 nitrogen and oxygen atoms in total. The van der Waals surface area contributed by atoms with Gasteiger partial charge < -0.3 is 14.4 Å². The number of halogens is 1. The van der Waals surface area contributed by atoms with E-state index in [0.29, 0.717) is 24.4 Å². The van der Waals surface area contributed by atoms with E-state index in [1.165, 1.54) is 0 Å². The summed E-state index contributed by atoms with van der Waals surface area (Å²) < 4.78 is 13.6. The van der Waals surface area contributed by atoms with E-state index in [2.05, 4.69) is 26.2 Å². The molecule has 0 N–H and O–H groups in total. The number of hydrogen-bond acceptors (Lipinski definition) is 5. The van der Waals surface area contributed by atoms with Crippen LogP contribution < -0.4 is 4.74 Å². The Labute approximate surface area is 155 Å². The van der Waals surface area contributed by atoms with Gasteiger partial charge in [0.1, 0.15) is 16.9 Å². The molecule has 0 spiro atoms. The van der Waals surface area contributed by atoms with Gasteiger partial charge in [-0.05, 0) is 61.7 Å². The zero-order chi connectivity index (χ0) is 18.2. The maximum absolute atomic E-state index is 12.5. The Bertz CT molecular complexity index is 784. The standard InChI is InChI=1S/C17H23BrN4O3/c1-17(2,3)25-16(23)21-9-5-6-11(21)10-22-15-12(18)7-8-13(24-4)14(15)19-20-22/h7-8,11H,5-6,9-10H2,1-4H3. The smallest absolute Gasteiger partial charge is 0.410 e. The van der Waals surface area contributed by atoms with E-state index in [0.717, 1.165) is 22.8 Å². The number of rotatable bonds is 3. The van der Waals surface area contributed by atoms with Gasteiger partial charge in [0.2, 0.25) is 0 Å². The minimum absolute atomic E-state index is 0.0397. The lowest BCUT2D eigenvalue weighted by atomic mass is 10.2. The number of aromatic nitrogens is 3. The minimum Gasteiger partial charge on any atom is -0.494 e. The molecule has 1 aliphatic rings. The molecule has 0 aliphatic carbocycles. The SMILES string of the molecule is COc1ccc(Br)c2c1nnn2CC1CCCN1C(=O)OC(C)(C)C. The van der Waals surface area contributed by atoms with Crippen molar-refractivity contribution in [1.29, 1.82) is 0 Å². The summed E-state index contributed by atoms with van der Waals surface area (Å²) in [5.74, 6) is 0.680. The summed E-state index contributed by atoms with van der Waals surface area (Å²) in [6.07, 6.45) is 1.61. The van der Waals surface area contributed by atoms with Gasteiger partial charge in [0.15, 0.2) is 5.52 Å². The molecule has 1 amide bonds. The summed E-state index contributed by atoms with van der Waals surface area (Å²) >= 11 is 3.56. The number of carbonyl (C=O) groups is 1. The second kappa shape index (κ2) is 6.82. The first kappa shape index (κ1) is 18.0. The van der Waals surface area contributed by atoms with Crippen molar-refractivity contribution in [3.8, 4) is 5.75 Å². The molecule has 0 saturated carbocycles. The van der Waals surface area contributed by atoms with Gasteiger partial charge in [0, 0.05) is 11.0 Å². The van der Waals surface area contributed by atoms with E-state index in [9.17, 15) is 4.79 Å². The van der Waals surface area contributed by atoms with Gasteiger partial charge >= 0.3 is 6.09 Å². The Morgan fingerprint density at radius 2 is 2.16 bits per heavy atom. The lowest BCUT2D eigenvalue weighted by molar-refractivity contribution is 0.0212. The molecule has 1 aromatic heterocycles. The third-order valence-electron chi connectivity index (χ3n) is 4.18. The molecule has 8 heteroatoms. The van der Waals surface area contributed by atoms with Crippen molar-refractivity contribution in [2.45, 2.75) is 51.8 Å². The molecule has 136 valence electrons. The zero-order valence-electron chi connectivity index (χ0n) is 15.0. The predicted molar refractivity (Wildman–Crippen MR) is 97.7 cm³/mol. The Balaban J connectivity index is 1.84. The third kappa shape index (κ3) is 3.73. The number of ether oxygens (including phenoxy) is 2. The van der Waals surface area contributed by atoms with Crippen LogP contribution in [0.1, 0.15) is 33.6 Å². The van der Waals surface area contributed by atoms with E-state index in [-0.39, 0.29) is 12.1 Å². The summed E-state index contributed by atoms with van der Waals surface area (Å²) in [7, 11) is 1.61. The Kier molecular flexibility index (Phi) is 4.90. The highest BCUT2D eigenvalue weighted by molar-refractivity contribution is 9.10. The van der Waals surface area contributed by atoms with Gasteiger partial charge in [0.25, 0.3) is 0 Å². The van der Waals surface area contributed by atoms with Crippen LogP contribution >= 0.6 is 15.9 Å². The molecule has 25 heavy (non-hydrogen) atoms. The number of carbonyl (C=O) groups excluding carboxylic acids is 1. The summed E-state index contributed by atoms with van der Waals surface area (Å²) in [6, 6.07) is 3.81. The first-order valence-electron chi connectivity index (χ1n) is 8.35. The van der Waals surface area contributed by atoms with E-state index in [4.69, 9.17) is 9.47 Å². The molecular weight excluding hydrogens is 388 g/mol. The van der Waals surface area contributed by atoms with Crippen LogP contribution in [-0.2, 0) is 11.3 Å². The molecule has 3 rings (SSSR count). The quantitative estimate of drug-likeness (QED) is 0.772. The third-order valence-corrected chi connectivity index (χ3v) is 4.82. The topological polar surface area (TPSA) is 69.5 Å². The fraction of sp³-hybridized carbons (Fsp3) is 0.588. The highest BCUT2D eigenvalue weighted by Crippen LogP contribution is 2.31. The first-order valence-corrected chi connectivity index (χ1v) is 9.15. The Morgan fingerprint density at radius 1 is 1.40 bits per heavy atom. The average Bonchev–Trinajstić information content (AvgIpc) is 3.14. The average molecular weight is 411 g/mol. The lowest BCUT2D eigenvalue weighted by Crippen LogP contribution is -2.41. The number of nitrogens with zero attached hydrogens (tertiary/aromatic N) is 4. The summed E-state index contributed by atoms with van der Waals surface area (Å²) in [6.45, 7) is 6.91. The van der Waals surface area contributed by atoms with Crippen LogP contribution in [-0.4, -0.2) is 51.3 Å². The van der Waals surface area contributed by atoms with Gasteiger partial charge in [-0.2, -0.15) is 0 Å². The van der Waals surface area contributed by atoms with Crippen LogP contribution in [0, 0.1) is 0 Å². The van der Waals surface area contributed by atoms with Crippen molar-refractivity contribution in [1.82, 2.24) is 19.9 Å². The van der Waals surface area contributed by atoms with Crippen LogP contribution in [0.5, 0.6) is 5.75 Å². The van der Waals surface area contributed by atoms with Crippen molar-refractivity contribution < 1.29 is 14.3 Å². The normalized spacial score (nSPS) is 18.0. The number of amides is 1. The molecule has 2 aromatic rings. The van der Waals surface area contributed by atoms with E-state index < -0.39 is 5.60 Å². The molecule has 0 radical (unpaired) electrons. The molecular formula is C17H23BrN4O3. The lowest BCUT2D eigenvalue weighted by Gasteiger charge is -2.28. The van der Waals surface area contributed by atoms with Crippen molar-refractivity contribution in [2.24, 2.45) is 0 Å². The molecule has 2 heterocycles. The van der Waals surface area contributed by atoms with E-state index in [1.54, 1.807) is 12.0 Å². The van der Waals surface area contributed by atoms with Gasteiger partial charge in [-0.3, -0.25) is 0 Å². The maximum Gasteiger partial charge on any atom is 0.410 e. The monoisotopic (exact) mass is 410 g/mol. The van der Waals surface area contributed by atoms with E-state index >= 15 is 0 Å². The number of fused-ring (bicyclic) bond motifs is 1. The molecule has 1 atom stereocenters. The fourth-order valence-electron chi connectivity index (χ4n) is 3.10. The number of likely N-dealkylation sites (tertiary alicyclic amines) is 1. The van der Waals surface area contributed by atoms with Crippen LogP contribution in [0.2, 0.25) is 0 Å². The second-order valence-electron chi connectivity index (χ2n) is 7.19. The van der Waals surface area contributed by atoms with Crippen molar-refractivity contribution in [3.63, 3.8) is 0 Å².